The van der Waals surface area contributed by atoms with E-state index in [4.69, 9.17) is 9.47 Å². The second kappa shape index (κ2) is 8.81. The summed E-state index contributed by atoms with van der Waals surface area (Å²) < 4.78 is 12.0. The molecule has 4 heteroatoms. The fourth-order valence-electron chi connectivity index (χ4n) is 2.24. The lowest BCUT2D eigenvalue weighted by Gasteiger charge is -2.13. The number of methoxy groups -OCH3 is 1. The number of hydrogen-bond acceptors (Lipinski definition) is 3. The molecular formula is C18H22BrNO2. The zero-order chi connectivity index (χ0) is 15.8. The van der Waals surface area contributed by atoms with Gasteiger partial charge < -0.3 is 14.8 Å². The molecule has 0 aromatic heterocycles. The summed E-state index contributed by atoms with van der Waals surface area (Å²) in [4.78, 5) is 0. The summed E-state index contributed by atoms with van der Waals surface area (Å²) in [6.07, 6.45) is 1.02. The molecular weight excluding hydrogens is 342 g/mol. The number of benzene rings is 2. The van der Waals surface area contributed by atoms with E-state index >= 15 is 0 Å². The number of halogens is 1. The number of nitrogens with one attached hydrogen (secondary N) is 1. The van der Waals surface area contributed by atoms with E-state index < -0.39 is 0 Å². The summed E-state index contributed by atoms with van der Waals surface area (Å²) in [5, 5.41) is 3.47. The minimum absolute atomic E-state index is 0.622. The van der Waals surface area contributed by atoms with Crippen LogP contribution in [0.3, 0.4) is 0 Å². The first-order valence-electron chi connectivity index (χ1n) is 7.48. The molecule has 0 amide bonds. The Morgan fingerprint density at radius 3 is 2.55 bits per heavy atom. The Morgan fingerprint density at radius 1 is 1.09 bits per heavy atom. The SMILES string of the molecule is CCOc1cc(Br)c(CNCCc2ccccc2)cc1OC. The molecule has 0 aliphatic carbocycles. The Morgan fingerprint density at radius 2 is 1.86 bits per heavy atom. The van der Waals surface area contributed by atoms with Gasteiger partial charge in [-0.1, -0.05) is 46.3 Å². The third-order valence-electron chi connectivity index (χ3n) is 3.38. The Labute approximate surface area is 140 Å². The summed E-state index contributed by atoms with van der Waals surface area (Å²) in [6, 6.07) is 14.5. The van der Waals surface area contributed by atoms with Crippen LogP contribution in [0.4, 0.5) is 0 Å². The first-order chi connectivity index (χ1) is 10.7. The van der Waals surface area contributed by atoms with Gasteiger partial charge in [-0.25, -0.2) is 0 Å². The maximum absolute atomic E-state index is 5.57. The summed E-state index contributed by atoms with van der Waals surface area (Å²) >= 11 is 3.60. The normalized spacial score (nSPS) is 10.5. The van der Waals surface area contributed by atoms with Crippen molar-refractivity contribution in [2.24, 2.45) is 0 Å². The Balaban J connectivity index is 1.92. The molecule has 0 bridgehead atoms. The minimum Gasteiger partial charge on any atom is -0.493 e. The molecule has 0 spiro atoms. The van der Waals surface area contributed by atoms with Crippen LogP contribution < -0.4 is 14.8 Å². The van der Waals surface area contributed by atoms with Crippen molar-refractivity contribution in [1.29, 1.82) is 0 Å². The van der Waals surface area contributed by atoms with Gasteiger partial charge in [-0.05, 0) is 43.1 Å². The monoisotopic (exact) mass is 363 g/mol. The van der Waals surface area contributed by atoms with Crippen LogP contribution in [0.15, 0.2) is 46.9 Å². The van der Waals surface area contributed by atoms with Gasteiger partial charge >= 0.3 is 0 Å². The van der Waals surface area contributed by atoms with Crippen molar-refractivity contribution in [2.45, 2.75) is 19.9 Å². The molecule has 2 aromatic carbocycles. The van der Waals surface area contributed by atoms with Crippen molar-refractivity contribution in [3.05, 3.63) is 58.1 Å². The van der Waals surface area contributed by atoms with E-state index in [1.54, 1.807) is 7.11 Å². The van der Waals surface area contributed by atoms with Crippen molar-refractivity contribution in [2.75, 3.05) is 20.3 Å². The van der Waals surface area contributed by atoms with Gasteiger partial charge in [0.2, 0.25) is 0 Å². The highest BCUT2D eigenvalue weighted by molar-refractivity contribution is 9.10. The molecule has 2 aromatic rings. The highest BCUT2D eigenvalue weighted by Crippen LogP contribution is 2.33. The van der Waals surface area contributed by atoms with E-state index in [1.165, 1.54) is 5.56 Å². The molecule has 0 radical (unpaired) electrons. The van der Waals surface area contributed by atoms with Gasteiger partial charge in [0, 0.05) is 11.0 Å². The number of rotatable bonds is 8. The van der Waals surface area contributed by atoms with Crippen molar-refractivity contribution in [1.82, 2.24) is 5.32 Å². The van der Waals surface area contributed by atoms with Crippen molar-refractivity contribution in [3.63, 3.8) is 0 Å². The molecule has 0 saturated heterocycles. The van der Waals surface area contributed by atoms with Crippen LogP contribution in [0.5, 0.6) is 11.5 Å². The third-order valence-corrected chi connectivity index (χ3v) is 4.12. The molecule has 0 aliphatic rings. The number of hydrogen-bond donors (Lipinski definition) is 1. The highest BCUT2D eigenvalue weighted by Gasteiger charge is 2.09. The molecule has 0 unspecified atom stereocenters. The Kier molecular flexibility index (Phi) is 6.74. The van der Waals surface area contributed by atoms with E-state index in [0.29, 0.717) is 6.61 Å². The molecule has 0 fully saturated rings. The van der Waals surface area contributed by atoms with Crippen LogP contribution in [0.1, 0.15) is 18.1 Å². The van der Waals surface area contributed by atoms with Crippen molar-refractivity contribution >= 4 is 15.9 Å². The van der Waals surface area contributed by atoms with Gasteiger partial charge in [0.05, 0.1) is 13.7 Å². The lowest BCUT2D eigenvalue weighted by Crippen LogP contribution is -2.17. The molecule has 3 nitrogen and oxygen atoms in total. The quantitative estimate of drug-likeness (QED) is 0.713. The Hall–Kier alpha value is -1.52. The summed E-state index contributed by atoms with van der Waals surface area (Å²) in [5.41, 5.74) is 2.51. The van der Waals surface area contributed by atoms with Gasteiger partial charge in [-0.2, -0.15) is 0 Å². The van der Waals surface area contributed by atoms with E-state index in [-0.39, 0.29) is 0 Å². The molecule has 0 atom stereocenters. The molecule has 1 N–H and O–H groups in total. The molecule has 0 aliphatic heterocycles. The van der Waals surface area contributed by atoms with Crippen LogP contribution in [0.2, 0.25) is 0 Å². The molecule has 2 rings (SSSR count). The van der Waals surface area contributed by atoms with Gasteiger partial charge in [0.25, 0.3) is 0 Å². The zero-order valence-electron chi connectivity index (χ0n) is 13.1. The average Bonchev–Trinajstić information content (AvgIpc) is 2.54. The lowest BCUT2D eigenvalue weighted by atomic mass is 10.1. The Bertz CT molecular complexity index is 587. The molecule has 118 valence electrons. The van der Waals surface area contributed by atoms with Crippen LogP contribution >= 0.6 is 15.9 Å². The van der Waals surface area contributed by atoms with Crippen LogP contribution in [-0.4, -0.2) is 20.3 Å². The largest absolute Gasteiger partial charge is 0.493 e. The summed E-state index contributed by atoms with van der Waals surface area (Å²) in [5.74, 6) is 1.54. The third kappa shape index (κ3) is 4.75. The zero-order valence-corrected chi connectivity index (χ0v) is 14.7. The van der Waals surface area contributed by atoms with E-state index in [2.05, 4.69) is 45.5 Å². The first kappa shape index (κ1) is 16.8. The molecule has 0 heterocycles. The van der Waals surface area contributed by atoms with E-state index in [9.17, 15) is 0 Å². The van der Waals surface area contributed by atoms with Crippen molar-refractivity contribution < 1.29 is 9.47 Å². The van der Waals surface area contributed by atoms with Crippen LogP contribution in [0.25, 0.3) is 0 Å². The second-order valence-corrected chi connectivity index (χ2v) is 5.79. The van der Waals surface area contributed by atoms with Crippen LogP contribution in [0, 0.1) is 0 Å². The summed E-state index contributed by atoms with van der Waals surface area (Å²) in [6.45, 7) is 4.31. The smallest absolute Gasteiger partial charge is 0.162 e. The summed E-state index contributed by atoms with van der Waals surface area (Å²) in [7, 11) is 1.67. The fraction of sp³-hybridized carbons (Fsp3) is 0.333. The fourth-order valence-corrected chi connectivity index (χ4v) is 2.70. The first-order valence-corrected chi connectivity index (χ1v) is 8.27. The maximum atomic E-state index is 5.57. The van der Waals surface area contributed by atoms with Gasteiger partial charge in [0.15, 0.2) is 11.5 Å². The lowest BCUT2D eigenvalue weighted by molar-refractivity contribution is 0.310. The predicted molar refractivity (Wildman–Crippen MR) is 93.7 cm³/mol. The van der Waals surface area contributed by atoms with Crippen molar-refractivity contribution in [3.8, 4) is 11.5 Å². The van der Waals surface area contributed by atoms with Crippen LogP contribution in [-0.2, 0) is 13.0 Å². The predicted octanol–water partition coefficient (Wildman–Crippen LogP) is 4.19. The maximum Gasteiger partial charge on any atom is 0.162 e. The standard InChI is InChI=1S/C18H22BrNO2/c1-3-22-18-12-16(19)15(11-17(18)21-2)13-20-10-9-14-7-5-4-6-8-14/h4-8,11-12,20H,3,9-10,13H2,1-2H3. The van der Waals surface area contributed by atoms with Gasteiger partial charge in [-0.3, -0.25) is 0 Å². The minimum atomic E-state index is 0.622. The van der Waals surface area contributed by atoms with E-state index in [0.717, 1.165) is 41.0 Å². The topological polar surface area (TPSA) is 30.5 Å². The van der Waals surface area contributed by atoms with Gasteiger partial charge in [-0.15, -0.1) is 0 Å². The second-order valence-electron chi connectivity index (χ2n) is 4.94. The number of ether oxygens (including phenoxy) is 2. The van der Waals surface area contributed by atoms with E-state index in [1.807, 2.05) is 25.1 Å². The highest BCUT2D eigenvalue weighted by atomic mass is 79.9. The molecule has 22 heavy (non-hydrogen) atoms. The van der Waals surface area contributed by atoms with Gasteiger partial charge in [0.1, 0.15) is 0 Å². The average molecular weight is 364 g/mol. The molecule has 0 saturated carbocycles.